The molecule has 1 aliphatic rings. The van der Waals surface area contributed by atoms with Crippen molar-refractivity contribution in [2.75, 3.05) is 39.6 Å². The molecule has 2 bridgehead atoms. The Bertz CT molecular complexity index is 714. The Morgan fingerprint density at radius 3 is 1.59 bits per heavy atom. The van der Waals surface area contributed by atoms with E-state index in [0.717, 1.165) is 0 Å². The van der Waals surface area contributed by atoms with Crippen LogP contribution in [0.15, 0.2) is 24.3 Å². The average molecular weight is 408 g/mol. The first kappa shape index (κ1) is 22.4. The number of fused-ring (bicyclic) bond motifs is 2. The second-order valence-electron chi connectivity index (χ2n) is 6.11. The van der Waals surface area contributed by atoms with E-state index in [2.05, 4.69) is 0 Å². The minimum Gasteiger partial charge on any atom is -0.463 e. The van der Waals surface area contributed by atoms with Crippen LogP contribution in [-0.2, 0) is 33.3 Å². The van der Waals surface area contributed by atoms with Gasteiger partial charge in [0.2, 0.25) is 0 Å². The first-order chi connectivity index (χ1) is 14.1. The number of carbonyl (C=O) groups excluding carboxylic acids is 4. The third-order valence-electron chi connectivity index (χ3n) is 3.88. The van der Waals surface area contributed by atoms with Crippen molar-refractivity contribution in [3.8, 4) is 0 Å². The molecule has 158 valence electrons. The lowest BCUT2D eigenvalue weighted by Gasteiger charge is -2.09. The highest BCUT2D eigenvalue weighted by Gasteiger charge is 2.13. The van der Waals surface area contributed by atoms with E-state index in [4.69, 9.17) is 23.7 Å². The van der Waals surface area contributed by atoms with E-state index in [0.29, 0.717) is 12.8 Å². The molecule has 0 amide bonds. The van der Waals surface area contributed by atoms with Gasteiger partial charge in [-0.1, -0.05) is 6.07 Å². The SMILES string of the molecule is O=C1CCCCC(=O)OCCOC(=O)c2cccc(c2)C(=O)OCCOCCO1. The summed E-state index contributed by atoms with van der Waals surface area (Å²) < 4.78 is 25.3. The molecule has 1 aromatic carbocycles. The van der Waals surface area contributed by atoms with Gasteiger partial charge >= 0.3 is 23.9 Å². The van der Waals surface area contributed by atoms with Crippen molar-refractivity contribution < 1.29 is 42.9 Å². The van der Waals surface area contributed by atoms with Crippen molar-refractivity contribution in [3.05, 3.63) is 35.4 Å². The van der Waals surface area contributed by atoms with Gasteiger partial charge in [0.05, 0.1) is 24.3 Å². The summed E-state index contributed by atoms with van der Waals surface area (Å²) in [5.74, 6) is -2.05. The highest BCUT2D eigenvalue weighted by atomic mass is 16.6. The number of esters is 4. The summed E-state index contributed by atoms with van der Waals surface area (Å²) in [6.45, 7) is 0.257. The summed E-state index contributed by atoms with van der Waals surface area (Å²) >= 11 is 0. The topological polar surface area (TPSA) is 114 Å². The molecule has 0 aromatic heterocycles. The molecule has 1 heterocycles. The second kappa shape index (κ2) is 12.5. The zero-order valence-electron chi connectivity index (χ0n) is 16.1. The van der Waals surface area contributed by atoms with Crippen molar-refractivity contribution in [2.45, 2.75) is 25.7 Å². The predicted octanol–water partition coefficient (Wildman–Crippen LogP) is 1.68. The monoisotopic (exact) mass is 408 g/mol. The van der Waals surface area contributed by atoms with E-state index in [9.17, 15) is 19.2 Å². The van der Waals surface area contributed by atoms with Crippen molar-refractivity contribution >= 4 is 23.9 Å². The standard InChI is InChI=1S/C20H24O9/c21-17-6-1-2-7-18(22)27-12-13-29-20(24)16-5-3-4-15(14-16)19(23)28-11-9-25-8-10-26-17/h3-5,14H,1-2,6-13H2. The molecule has 2 rings (SSSR count). The number of rotatable bonds is 0. The number of hydrogen-bond acceptors (Lipinski definition) is 9. The largest absolute Gasteiger partial charge is 0.463 e. The molecule has 0 spiro atoms. The Morgan fingerprint density at radius 2 is 1.03 bits per heavy atom. The molecule has 29 heavy (non-hydrogen) atoms. The van der Waals surface area contributed by atoms with E-state index in [-0.39, 0.29) is 69.6 Å². The third kappa shape index (κ3) is 8.73. The molecule has 0 saturated heterocycles. The number of ether oxygens (including phenoxy) is 5. The van der Waals surface area contributed by atoms with E-state index >= 15 is 0 Å². The maximum atomic E-state index is 12.1. The molecule has 1 aliphatic heterocycles. The summed E-state index contributed by atoms with van der Waals surface area (Å²) in [5.41, 5.74) is 0.382. The van der Waals surface area contributed by atoms with Crippen LogP contribution in [-0.4, -0.2) is 63.5 Å². The Kier molecular flexibility index (Phi) is 9.64. The van der Waals surface area contributed by atoms with Crippen molar-refractivity contribution in [1.29, 1.82) is 0 Å². The van der Waals surface area contributed by atoms with Gasteiger partial charge in [-0.05, 0) is 31.0 Å². The first-order valence-corrected chi connectivity index (χ1v) is 9.39. The maximum absolute atomic E-state index is 12.1. The average Bonchev–Trinajstić information content (AvgIpc) is 2.72. The van der Waals surface area contributed by atoms with Crippen LogP contribution in [0.3, 0.4) is 0 Å². The van der Waals surface area contributed by atoms with E-state index in [1.807, 2.05) is 0 Å². The zero-order chi connectivity index (χ0) is 20.9. The van der Waals surface area contributed by atoms with Crippen LogP contribution in [0.1, 0.15) is 46.4 Å². The molecular formula is C20H24O9. The molecular weight excluding hydrogens is 384 g/mol. The Morgan fingerprint density at radius 1 is 0.586 bits per heavy atom. The van der Waals surface area contributed by atoms with E-state index in [1.165, 1.54) is 24.3 Å². The quantitative estimate of drug-likeness (QED) is 0.467. The molecule has 1 aromatic rings. The van der Waals surface area contributed by atoms with Gasteiger partial charge in [-0.25, -0.2) is 9.59 Å². The van der Waals surface area contributed by atoms with Crippen LogP contribution in [0, 0.1) is 0 Å². The zero-order valence-corrected chi connectivity index (χ0v) is 16.1. The summed E-state index contributed by atoms with van der Waals surface area (Å²) in [6, 6.07) is 5.92. The summed E-state index contributed by atoms with van der Waals surface area (Å²) in [6.07, 6.45) is 1.34. The van der Waals surface area contributed by atoms with Gasteiger partial charge in [-0.15, -0.1) is 0 Å². The van der Waals surface area contributed by atoms with Crippen LogP contribution < -0.4 is 0 Å². The van der Waals surface area contributed by atoms with Gasteiger partial charge in [-0.3, -0.25) is 9.59 Å². The van der Waals surface area contributed by atoms with Crippen molar-refractivity contribution in [1.82, 2.24) is 0 Å². The second-order valence-corrected chi connectivity index (χ2v) is 6.11. The molecule has 0 aliphatic carbocycles. The van der Waals surface area contributed by atoms with Crippen LogP contribution in [0.25, 0.3) is 0 Å². The smallest absolute Gasteiger partial charge is 0.338 e. The van der Waals surface area contributed by atoms with Gasteiger partial charge in [0.1, 0.15) is 26.4 Å². The Balaban J connectivity index is 1.92. The molecule has 9 nitrogen and oxygen atoms in total. The molecule has 0 unspecified atom stereocenters. The maximum Gasteiger partial charge on any atom is 0.338 e. The lowest BCUT2D eigenvalue weighted by Crippen LogP contribution is -2.16. The van der Waals surface area contributed by atoms with E-state index in [1.54, 1.807) is 0 Å². The fraction of sp³-hybridized carbons (Fsp3) is 0.500. The predicted molar refractivity (Wildman–Crippen MR) is 98.2 cm³/mol. The Labute approximate surface area is 168 Å². The van der Waals surface area contributed by atoms with Crippen LogP contribution >= 0.6 is 0 Å². The van der Waals surface area contributed by atoms with Crippen LogP contribution in [0.5, 0.6) is 0 Å². The van der Waals surface area contributed by atoms with Gasteiger partial charge in [0.25, 0.3) is 0 Å². The number of carbonyl (C=O) groups is 4. The highest BCUT2D eigenvalue weighted by Crippen LogP contribution is 2.09. The normalized spacial score (nSPS) is 18.9. The number of hydrogen-bond donors (Lipinski definition) is 0. The molecule has 0 atom stereocenters. The molecule has 0 fully saturated rings. The summed E-state index contributed by atoms with van der Waals surface area (Å²) in [7, 11) is 0. The third-order valence-corrected chi connectivity index (χ3v) is 3.88. The molecule has 0 N–H and O–H groups in total. The Hall–Kier alpha value is -2.94. The minimum atomic E-state index is -0.639. The lowest BCUT2D eigenvalue weighted by molar-refractivity contribution is -0.147. The molecule has 9 heteroatoms. The van der Waals surface area contributed by atoms with Crippen molar-refractivity contribution in [3.63, 3.8) is 0 Å². The lowest BCUT2D eigenvalue weighted by atomic mass is 10.1. The minimum absolute atomic E-state index is 0.0207. The first-order valence-electron chi connectivity index (χ1n) is 9.39. The van der Waals surface area contributed by atoms with E-state index < -0.39 is 17.9 Å². The van der Waals surface area contributed by atoms with Crippen molar-refractivity contribution in [2.24, 2.45) is 0 Å². The van der Waals surface area contributed by atoms with Crippen LogP contribution in [0.2, 0.25) is 0 Å². The molecule has 0 saturated carbocycles. The van der Waals surface area contributed by atoms with Gasteiger partial charge in [0, 0.05) is 12.8 Å². The fourth-order valence-corrected chi connectivity index (χ4v) is 2.42. The van der Waals surface area contributed by atoms with Gasteiger partial charge in [0.15, 0.2) is 0 Å². The summed E-state index contributed by atoms with van der Waals surface area (Å²) in [4.78, 5) is 47.3. The summed E-state index contributed by atoms with van der Waals surface area (Å²) in [5, 5.41) is 0. The highest BCUT2D eigenvalue weighted by molar-refractivity contribution is 5.95. The van der Waals surface area contributed by atoms with Gasteiger partial charge < -0.3 is 23.7 Å². The fourth-order valence-electron chi connectivity index (χ4n) is 2.42. The number of benzene rings is 1. The van der Waals surface area contributed by atoms with Crippen LogP contribution in [0.4, 0.5) is 0 Å². The molecule has 0 radical (unpaired) electrons. The van der Waals surface area contributed by atoms with Gasteiger partial charge in [-0.2, -0.15) is 0 Å². The number of cyclic esters (lactones) is 4.